The number of H-pyrrole nitrogens is 1. The molecule has 0 saturated heterocycles. The minimum absolute atomic E-state index is 0.137. The van der Waals surface area contributed by atoms with Crippen LogP contribution in [-0.4, -0.2) is 34.9 Å². The number of aromatic amines is 1. The maximum absolute atomic E-state index is 11.9. The second kappa shape index (κ2) is 6.10. The quantitative estimate of drug-likeness (QED) is 0.775. The van der Waals surface area contributed by atoms with Crippen LogP contribution in [-0.2, 0) is 4.79 Å². The molecule has 1 unspecified atom stereocenters. The van der Waals surface area contributed by atoms with E-state index in [1.807, 2.05) is 18.3 Å². The average molecular weight is 310 g/mol. The number of likely N-dealkylation sites (N-methyl/N-ethyl adjacent to an activating group) is 1. The third kappa shape index (κ3) is 3.02. The van der Waals surface area contributed by atoms with Crippen LogP contribution in [0.3, 0.4) is 0 Å². The third-order valence-corrected chi connectivity index (χ3v) is 3.59. The molecule has 0 spiro atoms. The van der Waals surface area contributed by atoms with Gasteiger partial charge in [-0.1, -0.05) is 12.1 Å². The Hall–Kier alpha value is -2.86. The van der Waals surface area contributed by atoms with Crippen molar-refractivity contribution in [2.75, 3.05) is 14.1 Å². The predicted octanol–water partition coefficient (Wildman–Crippen LogP) is 2.44. The number of ether oxygens (including phenoxy) is 1. The summed E-state index contributed by atoms with van der Waals surface area (Å²) in [6.07, 6.45) is 3.51. The van der Waals surface area contributed by atoms with Gasteiger partial charge in [-0.25, -0.2) is 4.98 Å². The van der Waals surface area contributed by atoms with E-state index in [0.29, 0.717) is 5.75 Å². The zero-order valence-corrected chi connectivity index (χ0v) is 13.0. The van der Waals surface area contributed by atoms with Gasteiger partial charge in [-0.3, -0.25) is 4.79 Å². The van der Waals surface area contributed by atoms with Crippen molar-refractivity contribution in [1.29, 1.82) is 0 Å². The lowest BCUT2D eigenvalue weighted by atomic mass is 10.1. The van der Waals surface area contributed by atoms with E-state index in [2.05, 4.69) is 9.97 Å². The molecule has 3 N–H and O–H groups in total. The SMILES string of the molecule is CN(C)C(=O)C(N)c1ccc(Oc2ccnc3[nH]ccc23)cc1. The Morgan fingerprint density at radius 1 is 1.22 bits per heavy atom. The van der Waals surface area contributed by atoms with Crippen LogP contribution < -0.4 is 10.5 Å². The molecule has 2 heterocycles. The molecule has 6 heteroatoms. The molecule has 0 fully saturated rings. The summed E-state index contributed by atoms with van der Waals surface area (Å²) < 4.78 is 5.90. The van der Waals surface area contributed by atoms with Crippen molar-refractivity contribution in [2.45, 2.75) is 6.04 Å². The van der Waals surface area contributed by atoms with Gasteiger partial charge in [0.05, 0.1) is 5.39 Å². The van der Waals surface area contributed by atoms with Gasteiger partial charge in [0.25, 0.3) is 0 Å². The summed E-state index contributed by atoms with van der Waals surface area (Å²) in [4.78, 5) is 20.6. The van der Waals surface area contributed by atoms with E-state index in [1.165, 1.54) is 4.90 Å². The van der Waals surface area contributed by atoms with Gasteiger partial charge in [-0.2, -0.15) is 0 Å². The summed E-state index contributed by atoms with van der Waals surface area (Å²) in [6.45, 7) is 0. The Balaban J connectivity index is 1.80. The van der Waals surface area contributed by atoms with Crippen LogP contribution >= 0.6 is 0 Å². The Morgan fingerprint density at radius 3 is 2.65 bits per heavy atom. The summed E-state index contributed by atoms with van der Waals surface area (Å²) in [5.41, 5.74) is 7.48. The molecule has 0 aliphatic heterocycles. The first-order valence-corrected chi connectivity index (χ1v) is 7.23. The van der Waals surface area contributed by atoms with Gasteiger partial charge >= 0.3 is 0 Å². The molecule has 0 saturated carbocycles. The molecule has 1 aromatic carbocycles. The highest BCUT2D eigenvalue weighted by Gasteiger charge is 2.17. The van der Waals surface area contributed by atoms with Gasteiger partial charge in [0.15, 0.2) is 0 Å². The molecule has 118 valence electrons. The Kier molecular flexibility index (Phi) is 3.99. The van der Waals surface area contributed by atoms with Crippen LogP contribution in [0, 0.1) is 0 Å². The van der Waals surface area contributed by atoms with Crippen LogP contribution in [0.25, 0.3) is 11.0 Å². The van der Waals surface area contributed by atoms with E-state index in [4.69, 9.17) is 10.5 Å². The standard InChI is InChI=1S/C17H18N4O2/c1-21(2)17(22)15(18)11-3-5-12(6-4-11)23-14-8-10-20-16-13(14)7-9-19-16/h3-10,15H,18H2,1-2H3,(H,19,20). The van der Waals surface area contributed by atoms with E-state index >= 15 is 0 Å². The molecule has 0 radical (unpaired) electrons. The number of hydrogen-bond donors (Lipinski definition) is 2. The van der Waals surface area contributed by atoms with Crippen LogP contribution in [0.4, 0.5) is 0 Å². The second-order valence-electron chi connectivity index (χ2n) is 5.43. The molecule has 0 bridgehead atoms. The minimum Gasteiger partial charge on any atom is -0.457 e. The maximum atomic E-state index is 11.9. The van der Waals surface area contributed by atoms with E-state index in [1.54, 1.807) is 44.6 Å². The molecule has 1 amide bonds. The number of hydrogen-bond acceptors (Lipinski definition) is 4. The zero-order valence-electron chi connectivity index (χ0n) is 13.0. The van der Waals surface area contributed by atoms with Gasteiger partial charge in [0.2, 0.25) is 5.91 Å². The van der Waals surface area contributed by atoms with Crippen molar-refractivity contribution in [3.8, 4) is 11.5 Å². The van der Waals surface area contributed by atoms with Gasteiger partial charge < -0.3 is 20.4 Å². The number of carbonyl (C=O) groups excluding carboxylic acids is 1. The number of aromatic nitrogens is 2. The number of fused-ring (bicyclic) bond motifs is 1. The lowest BCUT2D eigenvalue weighted by molar-refractivity contribution is -0.130. The molecular weight excluding hydrogens is 292 g/mol. The number of benzene rings is 1. The smallest absolute Gasteiger partial charge is 0.243 e. The van der Waals surface area contributed by atoms with Crippen LogP contribution in [0.1, 0.15) is 11.6 Å². The number of amides is 1. The molecule has 0 aliphatic carbocycles. The fourth-order valence-electron chi connectivity index (χ4n) is 2.32. The number of nitrogens with two attached hydrogens (primary N) is 1. The summed E-state index contributed by atoms with van der Waals surface area (Å²) in [5, 5.41) is 0.913. The molecule has 1 atom stereocenters. The highest BCUT2D eigenvalue weighted by molar-refractivity contribution is 5.83. The normalized spacial score (nSPS) is 12.1. The predicted molar refractivity (Wildman–Crippen MR) is 88.2 cm³/mol. The molecule has 23 heavy (non-hydrogen) atoms. The molecule has 3 aromatic rings. The molecule has 0 aliphatic rings. The zero-order chi connectivity index (χ0) is 16.4. The number of rotatable bonds is 4. The number of nitrogens with one attached hydrogen (secondary N) is 1. The summed E-state index contributed by atoms with van der Waals surface area (Å²) in [7, 11) is 3.37. The van der Waals surface area contributed by atoms with Gasteiger partial charge in [0.1, 0.15) is 23.2 Å². The Bertz CT molecular complexity index is 824. The van der Waals surface area contributed by atoms with Crippen molar-refractivity contribution < 1.29 is 9.53 Å². The highest BCUT2D eigenvalue weighted by Crippen LogP contribution is 2.28. The molecule has 2 aromatic heterocycles. The highest BCUT2D eigenvalue weighted by atomic mass is 16.5. The van der Waals surface area contributed by atoms with Crippen molar-refractivity contribution >= 4 is 16.9 Å². The van der Waals surface area contributed by atoms with E-state index in [0.717, 1.165) is 22.3 Å². The Labute approximate surface area is 133 Å². The fraction of sp³-hybridized carbons (Fsp3) is 0.176. The van der Waals surface area contributed by atoms with Gasteiger partial charge in [-0.15, -0.1) is 0 Å². The largest absolute Gasteiger partial charge is 0.457 e. The first-order valence-electron chi connectivity index (χ1n) is 7.23. The number of carbonyl (C=O) groups is 1. The van der Waals surface area contributed by atoms with Crippen LogP contribution in [0.5, 0.6) is 11.5 Å². The number of pyridine rings is 1. The first kappa shape index (κ1) is 15.1. The average Bonchev–Trinajstić information content (AvgIpc) is 3.04. The number of nitrogens with zero attached hydrogens (tertiary/aromatic N) is 2. The fourth-order valence-corrected chi connectivity index (χ4v) is 2.32. The van der Waals surface area contributed by atoms with Crippen LogP contribution in [0.2, 0.25) is 0 Å². The third-order valence-electron chi connectivity index (χ3n) is 3.59. The second-order valence-corrected chi connectivity index (χ2v) is 5.43. The van der Waals surface area contributed by atoms with Gasteiger partial charge in [0, 0.05) is 26.5 Å². The summed E-state index contributed by atoms with van der Waals surface area (Å²) in [6, 6.07) is 10.3. The maximum Gasteiger partial charge on any atom is 0.243 e. The van der Waals surface area contributed by atoms with Crippen LogP contribution in [0.15, 0.2) is 48.8 Å². The Morgan fingerprint density at radius 2 is 1.96 bits per heavy atom. The topological polar surface area (TPSA) is 84.2 Å². The van der Waals surface area contributed by atoms with Crippen molar-refractivity contribution in [3.63, 3.8) is 0 Å². The minimum atomic E-state index is -0.670. The van der Waals surface area contributed by atoms with Crippen molar-refractivity contribution in [3.05, 3.63) is 54.4 Å². The lowest BCUT2D eigenvalue weighted by Crippen LogP contribution is -2.33. The monoisotopic (exact) mass is 310 g/mol. The molecule has 3 rings (SSSR count). The van der Waals surface area contributed by atoms with Gasteiger partial charge in [-0.05, 0) is 29.8 Å². The lowest BCUT2D eigenvalue weighted by Gasteiger charge is -2.17. The summed E-state index contributed by atoms with van der Waals surface area (Å²) in [5.74, 6) is 1.26. The first-order chi connectivity index (χ1) is 11.1. The molecular formula is C17H18N4O2. The van der Waals surface area contributed by atoms with Crippen molar-refractivity contribution in [2.24, 2.45) is 5.73 Å². The molecule has 6 nitrogen and oxygen atoms in total. The van der Waals surface area contributed by atoms with Crippen molar-refractivity contribution in [1.82, 2.24) is 14.9 Å². The van der Waals surface area contributed by atoms with E-state index in [9.17, 15) is 4.79 Å². The van der Waals surface area contributed by atoms with E-state index < -0.39 is 6.04 Å². The van der Waals surface area contributed by atoms with E-state index in [-0.39, 0.29) is 5.91 Å². The summed E-state index contributed by atoms with van der Waals surface area (Å²) >= 11 is 0.